The second kappa shape index (κ2) is 6.82. The smallest absolute Gasteiger partial charge is 0.252 e. The third-order valence-electron chi connectivity index (χ3n) is 5.44. The molecule has 1 saturated heterocycles. The fraction of sp³-hybridized carbons (Fsp3) is 0.292. The number of nitrogens with zero attached hydrogens (tertiary/aromatic N) is 1. The van der Waals surface area contributed by atoms with Crippen molar-refractivity contribution in [3.63, 3.8) is 0 Å². The van der Waals surface area contributed by atoms with Crippen LogP contribution >= 0.6 is 0 Å². The molecule has 1 amide bonds. The highest BCUT2D eigenvalue weighted by Gasteiger charge is 2.53. The van der Waals surface area contributed by atoms with E-state index in [-0.39, 0.29) is 18.1 Å². The van der Waals surface area contributed by atoms with Crippen molar-refractivity contribution in [1.82, 2.24) is 4.90 Å². The van der Waals surface area contributed by atoms with Crippen LogP contribution in [0.1, 0.15) is 43.0 Å². The Morgan fingerprint density at radius 3 is 2.63 bits per heavy atom. The van der Waals surface area contributed by atoms with E-state index in [0.717, 1.165) is 17.6 Å². The molecule has 3 heteroatoms. The number of allylic oxidation sites excluding steroid dienone is 1. The van der Waals surface area contributed by atoms with Gasteiger partial charge in [-0.05, 0) is 43.0 Å². The molecule has 1 heterocycles. The average Bonchev–Trinajstić information content (AvgIpc) is 3.12. The second-order valence-corrected chi connectivity index (χ2v) is 7.70. The third-order valence-corrected chi connectivity index (χ3v) is 5.44. The van der Waals surface area contributed by atoms with Gasteiger partial charge in [-0.15, -0.1) is 6.58 Å². The Balaban J connectivity index is 1.74. The zero-order valence-corrected chi connectivity index (χ0v) is 15.9. The number of hydrogen-bond donors (Lipinski definition) is 0. The van der Waals surface area contributed by atoms with Gasteiger partial charge in [0.05, 0.1) is 12.1 Å². The standard InChI is InChI=1S/C24H25NO2/c1-4-10-19(15-17-11-6-5-7-12-17)23(26)25-22-20-14-9-8-13-18(20)16-21(22)27-24(25,2)3/h4-9,11-15,21-22H,1,10,16H2,2-3H3/b19-15-/t21-,22+/m1/s1. The number of benzene rings is 2. The molecule has 0 radical (unpaired) electrons. The van der Waals surface area contributed by atoms with Gasteiger partial charge in [0.25, 0.3) is 5.91 Å². The van der Waals surface area contributed by atoms with Gasteiger partial charge >= 0.3 is 0 Å². The van der Waals surface area contributed by atoms with Gasteiger partial charge in [0.1, 0.15) is 5.72 Å². The van der Waals surface area contributed by atoms with Crippen molar-refractivity contribution >= 4 is 12.0 Å². The molecule has 1 aliphatic heterocycles. The molecular formula is C24H25NO2. The number of hydrogen-bond acceptors (Lipinski definition) is 2. The van der Waals surface area contributed by atoms with Crippen molar-refractivity contribution in [3.05, 3.63) is 89.5 Å². The van der Waals surface area contributed by atoms with Gasteiger partial charge in [-0.2, -0.15) is 0 Å². The first-order valence-electron chi connectivity index (χ1n) is 9.47. The quantitative estimate of drug-likeness (QED) is 0.573. The summed E-state index contributed by atoms with van der Waals surface area (Å²) < 4.78 is 6.32. The number of carbonyl (C=O) groups excluding carboxylic acids is 1. The Kier molecular flexibility index (Phi) is 4.48. The van der Waals surface area contributed by atoms with E-state index in [4.69, 9.17) is 4.74 Å². The maximum absolute atomic E-state index is 13.6. The lowest BCUT2D eigenvalue weighted by Crippen LogP contribution is -2.45. The summed E-state index contributed by atoms with van der Waals surface area (Å²) in [6.45, 7) is 7.82. The fourth-order valence-corrected chi connectivity index (χ4v) is 4.35. The zero-order valence-electron chi connectivity index (χ0n) is 15.9. The second-order valence-electron chi connectivity index (χ2n) is 7.70. The van der Waals surface area contributed by atoms with Gasteiger partial charge in [-0.3, -0.25) is 4.79 Å². The van der Waals surface area contributed by atoms with Gasteiger partial charge in [0, 0.05) is 12.0 Å². The summed E-state index contributed by atoms with van der Waals surface area (Å²) in [6.07, 6.45) is 5.15. The van der Waals surface area contributed by atoms with Crippen LogP contribution in [-0.2, 0) is 16.0 Å². The van der Waals surface area contributed by atoms with Crippen LogP contribution in [0.25, 0.3) is 6.08 Å². The largest absolute Gasteiger partial charge is 0.350 e. The minimum atomic E-state index is -0.642. The van der Waals surface area contributed by atoms with Crippen LogP contribution in [0.5, 0.6) is 0 Å². The molecule has 1 fully saturated rings. The molecule has 4 rings (SSSR count). The number of carbonyl (C=O) groups is 1. The lowest BCUT2D eigenvalue weighted by molar-refractivity contribution is -0.143. The van der Waals surface area contributed by atoms with Crippen LogP contribution in [-0.4, -0.2) is 22.6 Å². The molecule has 27 heavy (non-hydrogen) atoms. The summed E-state index contributed by atoms with van der Waals surface area (Å²) in [7, 11) is 0. The van der Waals surface area contributed by atoms with Gasteiger partial charge in [0.15, 0.2) is 0 Å². The minimum Gasteiger partial charge on any atom is -0.350 e. The summed E-state index contributed by atoms with van der Waals surface area (Å²) in [5, 5.41) is 0. The number of amides is 1. The predicted octanol–water partition coefficient (Wildman–Crippen LogP) is 4.91. The molecule has 0 spiro atoms. The lowest BCUT2D eigenvalue weighted by Gasteiger charge is -2.34. The SMILES string of the molecule is C=CC/C(=C/c1ccccc1)C(=O)N1[C@H]2c3ccccc3C[C@H]2OC1(C)C. The molecule has 0 aromatic heterocycles. The highest BCUT2D eigenvalue weighted by Crippen LogP contribution is 2.48. The van der Waals surface area contributed by atoms with Crippen molar-refractivity contribution in [3.8, 4) is 0 Å². The van der Waals surface area contributed by atoms with Crippen molar-refractivity contribution in [1.29, 1.82) is 0 Å². The number of ether oxygens (including phenoxy) is 1. The zero-order chi connectivity index (χ0) is 19.0. The maximum Gasteiger partial charge on any atom is 0.252 e. The van der Waals surface area contributed by atoms with E-state index in [1.54, 1.807) is 6.08 Å². The Labute approximate surface area is 161 Å². The van der Waals surface area contributed by atoms with E-state index in [1.165, 1.54) is 11.1 Å². The topological polar surface area (TPSA) is 29.5 Å². The van der Waals surface area contributed by atoms with E-state index in [9.17, 15) is 4.79 Å². The van der Waals surface area contributed by atoms with E-state index in [1.807, 2.05) is 61.2 Å². The van der Waals surface area contributed by atoms with E-state index in [2.05, 4.69) is 24.8 Å². The summed E-state index contributed by atoms with van der Waals surface area (Å²) in [5.74, 6) is 0.0213. The highest BCUT2D eigenvalue weighted by atomic mass is 16.5. The first-order valence-corrected chi connectivity index (χ1v) is 9.47. The fourth-order valence-electron chi connectivity index (χ4n) is 4.35. The molecule has 0 bridgehead atoms. The summed E-state index contributed by atoms with van der Waals surface area (Å²) in [5.41, 5.74) is 3.59. The van der Waals surface area contributed by atoms with Crippen molar-refractivity contribution < 1.29 is 9.53 Å². The van der Waals surface area contributed by atoms with E-state index < -0.39 is 5.72 Å². The van der Waals surface area contributed by atoms with E-state index in [0.29, 0.717) is 6.42 Å². The van der Waals surface area contributed by atoms with Crippen molar-refractivity contribution in [2.45, 2.75) is 44.6 Å². The van der Waals surface area contributed by atoms with Gasteiger partial charge < -0.3 is 9.64 Å². The van der Waals surface area contributed by atoms with Gasteiger partial charge in [0.2, 0.25) is 0 Å². The Morgan fingerprint density at radius 1 is 1.19 bits per heavy atom. The van der Waals surface area contributed by atoms with Crippen LogP contribution in [0.3, 0.4) is 0 Å². The van der Waals surface area contributed by atoms with Gasteiger partial charge in [-0.1, -0.05) is 60.7 Å². The minimum absolute atomic E-state index is 0.0167. The van der Waals surface area contributed by atoms with Crippen LogP contribution in [0.15, 0.2) is 72.8 Å². The first kappa shape index (κ1) is 17.7. The van der Waals surface area contributed by atoms with Crippen LogP contribution in [0, 0.1) is 0 Å². The monoisotopic (exact) mass is 359 g/mol. The molecule has 0 N–H and O–H groups in total. The number of fused-ring (bicyclic) bond motifs is 3. The number of rotatable bonds is 4. The van der Waals surface area contributed by atoms with Crippen LogP contribution in [0.2, 0.25) is 0 Å². The Morgan fingerprint density at radius 2 is 1.89 bits per heavy atom. The lowest BCUT2D eigenvalue weighted by atomic mass is 10.0. The Bertz CT molecular complexity index is 898. The first-order chi connectivity index (χ1) is 13.0. The molecule has 2 atom stereocenters. The molecule has 3 nitrogen and oxygen atoms in total. The molecule has 2 aromatic carbocycles. The van der Waals surface area contributed by atoms with Crippen LogP contribution in [0.4, 0.5) is 0 Å². The highest BCUT2D eigenvalue weighted by molar-refractivity contribution is 5.99. The molecule has 1 aliphatic carbocycles. The molecule has 2 aromatic rings. The summed E-state index contributed by atoms with van der Waals surface area (Å²) >= 11 is 0. The predicted molar refractivity (Wildman–Crippen MR) is 108 cm³/mol. The molecule has 2 aliphatic rings. The third kappa shape index (κ3) is 3.13. The molecule has 0 unspecified atom stereocenters. The molecule has 138 valence electrons. The van der Waals surface area contributed by atoms with Crippen LogP contribution < -0.4 is 0 Å². The maximum atomic E-state index is 13.6. The molecule has 0 saturated carbocycles. The van der Waals surface area contributed by atoms with Crippen molar-refractivity contribution in [2.75, 3.05) is 0 Å². The van der Waals surface area contributed by atoms with Gasteiger partial charge in [-0.25, -0.2) is 0 Å². The van der Waals surface area contributed by atoms with E-state index >= 15 is 0 Å². The summed E-state index contributed by atoms with van der Waals surface area (Å²) in [6, 6.07) is 18.3. The average molecular weight is 359 g/mol. The normalized spacial score (nSPS) is 23.0. The molecular weight excluding hydrogens is 334 g/mol. The summed E-state index contributed by atoms with van der Waals surface area (Å²) in [4.78, 5) is 15.6. The Hall–Kier alpha value is -2.65. The van der Waals surface area contributed by atoms with Crippen molar-refractivity contribution in [2.24, 2.45) is 0 Å².